The fraction of sp³-hybridized carbons (Fsp3) is 0.750. The van der Waals surface area contributed by atoms with Gasteiger partial charge in [0.25, 0.3) is 0 Å². The molecule has 12 heavy (non-hydrogen) atoms. The Hall–Kier alpha value is -0.350. The van der Waals surface area contributed by atoms with Crippen molar-refractivity contribution < 1.29 is 13.5 Å². The van der Waals surface area contributed by atoms with Gasteiger partial charge in [0, 0.05) is 6.26 Å². The maximum absolute atomic E-state index is 10.8. The molecule has 3 nitrogen and oxygen atoms in total. The first-order valence-electron chi connectivity index (χ1n) is 4.03. The summed E-state index contributed by atoms with van der Waals surface area (Å²) in [5, 5.41) is 9.10. The molecule has 0 aromatic rings. The summed E-state index contributed by atoms with van der Waals surface area (Å²) in [4.78, 5) is 0. The minimum absolute atomic E-state index is 0.200. The first kappa shape index (κ1) is 9.74. The van der Waals surface area contributed by atoms with Gasteiger partial charge in [-0.2, -0.15) is 0 Å². The van der Waals surface area contributed by atoms with Crippen LogP contribution >= 0.6 is 0 Å². The molecule has 1 atom stereocenters. The lowest BCUT2D eigenvalue weighted by Crippen LogP contribution is -2.03. The predicted molar refractivity (Wildman–Crippen MR) is 47.7 cm³/mol. The van der Waals surface area contributed by atoms with Crippen LogP contribution in [0.2, 0.25) is 0 Å². The molecule has 4 heteroatoms. The van der Waals surface area contributed by atoms with Crippen molar-refractivity contribution >= 4 is 9.84 Å². The predicted octanol–water partition coefficient (Wildman–Crippen LogP) is 0.502. The zero-order chi connectivity index (χ0) is 9.19. The van der Waals surface area contributed by atoms with Crippen LogP contribution in [0.1, 0.15) is 19.3 Å². The summed E-state index contributed by atoms with van der Waals surface area (Å²) < 4.78 is 21.6. The van der Waals surface area contributed by atoms with Gasteiger partial charge in [-0.25, -0.2) is 8.42 Å². The smallest absolute Gasteiger partial charge is 0.147 e. The number of aliphatic hydroxyl groups is 1. The van der Waals surface area contributed by atoms with Crippen molar-refractivity contribution in [1.29, 1.82) is 0 Å². The van der Waals surface area contributed by atoms with Gasteiger partial charge in [0.05, 0.1) is 11.9 Å². The monoisotopic (exact) mass is 190 g/mol. The van der Waals surface area contributed by atoms with E-state index in [0.29, 0.717) is 6.42 Å². The number of rotatable bonds is 3. The van der Waals surface area contributed by atoms with E-state index in [1.165, 1.54) is 6.26 Å². The lowest BCUT2D eigenvalue weighted by molar-refractivity contribution is 0.223. The van der Waals surface area contributed by atoms with Gasteiger partial charge in [-0.05, 0) is 19.3 Å². The van der Waals surface area contributed by atoms with Crippen LogP contribution in [0.25, 0.3) is 0 Å². The van der Waals surface area contributed by atoms with E-state index in [9.17, 15) is 8.42 Å². The fourth-order valence-corrected chi connectivity index (χ4v) is 1.93. The van der Waals surface area contributed by atoms with Crippen LogP contribution in [0.3, 0.4) is 0 Å². The molecule has 1 rings (SSSR count). The summed E-state index contributed by atoms with van der Waals surface area (Å²) in [6, 6.07) is 0. The van der Waals surface area contributed by atoms with Gasteiger partial charge in [-0.3, -0.25) is 0 Å². The first-order chi connectivity index (χ1) is 5.47. The standard InChI is InChI=1S/C8H14O3S/c1-12(10,11)5-4-7-2-3-8(9)6-7/h6,8-9H,2-5H2,1H3. The van der Waals surface area contributed by atoms with Gasteiger partial charge in [-0.1, -0.05) is 11.6 Å². The van der Waals surface area contributed by atoms with Crippen molar-refractivity contribution in [3.8, 4) is 0 Å². The average Bonchev–Trinajstić information content (AvgIpc) is 2.30. The van der Waals surface area contributed by atoms with E-state index >= 15 is 0 Å². The maximum Gasteiger partial charge on any atom is 0.147 e. The van der Waals surface area contributed by atoms with Crippen LogP contribution < -0.4 is 0 Å². The second-order valence-electron chi connectivity index (χ2n) is 3.31. The van der Waals surface area contributed by atoms with E-state index in [-0.39, 0.29) is 11.9 Å². The minimum atomic E-state index is -2.85. The molecule has 0 aromatic heterocycles. The zero-order valence-corrected chi connectivity index (χ0v) is 7.97. The van der Waals surface area contributed by atoms with E-state index < -0.39 is 9.84 Å². The molecule has 1 aliphatic carbocycles. The van der Waals surface area contributed by atoms with Crippen molar-refractivity contribution in [2.45, 2.75) is 25.4 Å². The normalized spacial score (nSPS) is 24.2. The van der Waals surface area contributed by atoms with E-state index in [2.05, 4.69) is 0 Å². The number of aliphatic hydroxyl groups excluding tert-OH is 1. The third kappa shape index (κ3) is 3.36. The third-order valence-electron chi connectivity index (χ3n) is 1.98. The van der Waals surface area contributed by atoms with Gasteiger partial charge in [0.15, 0.2) is 0 Å². The molecule has 0 aromatic carbocycles. The van der Waals surface area contributed by atoms with Crippen LogP contribution in [0.5, 0.6) is 0 Å². The Morgan fingerprint density at radius 2 is 2.33 bits per heavy atom. The molecule has 1 N–H and O–H groups in total. The first-order valence-corrected chi connectivity index (χ1v) is 6.09. The molecule has 0 amide bonds. The Kier molecular flexibility index (Phi) is 2.90. The van der Waals surface area contributed by atoms with Crippen LogP contribution in [0.15, 0.2) is 11.6 Å². The summed E-state index contributed by atoms with van der Waals surface area (Å²) >= 11 is 0. The largest absolute Gasteiger partial charge is 0.389 e. The average molecular weight is 190 g/mol. The molecular weight excluding hydrogens is 176 g/mol. The molecule has 0 bridgehead atoms. The highest BCUT2D eigenvalue weighted by Crippen LogP contribution is 2.21. The van der Waals surface area contributed by atoms with Gasteiger partial charge in [0.2, 0.25) is 0 Å². The summed E-state index contributed by atoms with van der Waals surface area (Å²) in [6.45, 7) is 0. The van der Waals surface area contributed by atoms with Crippen molar-refractivity contribution in [3.05, 3.63) is 11.6 Å². The third-order valence-corrected chi connectivity index (χ3v) is 2.93. The second-order valence-corrected chi connectivity index (χ2v) is 5.57. The molecule has 1 aliphatic rings. The molecular formula is C8H14O3S. The van der Waals surface area contributed by atoms with Crippen LogP contribution in [-0.4, -0.2) is 31.6 Å². The summed E-state index contributed by atoms with van der Waals surface area (Å²) in [5.74, 6) is 0.200. The van der Waals surface area contributed by atoms with Gasteiger partial charge in [0.1, 0.15) is 9.84 Å². The van der Waals surface area contributed by atoms with E-state index in [4.69, 9.17) is 5.11 Å². The lowest BCUT2D eigenvalue weighted by Gasteiger charge is -1.98. The van der Waals surface area contributed by atoms with Crippen LogP contribution in [0, 0.1) is 0 Å². The second kappa shape index (κ2) is 3.58. The van der Waals surface area contributed by atoms with E-state index in [0.717, 1.165) is 18.4 Å². The Labute approximate surface area is 73.0 Å². The zero-order valence-electron chi connectivity index (χ0n) is 7.16. The lowest BCUT2D eigenvalue weighted by atomic mass is 10.2. The molecule has 0 saturated carbocycles. The summed E-state index contributed by atoms with van der Waals surface area (Å²) in [7, 11) is -2.85. The van der Waals surface area contributed by atoms with Gasteiger partial charge in [-0.15, -0.1) is 0 Å². The van der Waals surface area contributed by atoms with Crippen LogP contribution in [-0.2, 0) is 9.84 Å². The van der Waals surface area contributed by atoms with E-state index in [1.54, 1.807) is 6.08 Å². The summed E-state index contributed by atoms with van der Waals surface area (Å²) in [6.07, 6.45) is 4.83. The highest BCUT2D eigenvalue weighted by molar-refractivity contribution is 7.90. The number of allylic oxidation sites excluding steroid dienone is 1. The molecule has 0 fully saturated rings. The Balaban J connectivity index is 2.39. The summed E-state index contributed by atoms with van der Waals surface area (Å²) in [5.41, 5.74) is 1.08. The Morgan fingerprint density at radius 1 is 1.67 bits per heavy atom. The van der Waals surface area contributed by atoms with Crippen LogP contribution in [0.4, 0.5) is 0 Å². The van der Waals surface area contributed by atoms with Crippen molar-refractivity contribution in [3.63, 3.8) is 0 Å². The van der Waals surface area contributed by atoms with Crippen molar-refractivity contribution in [1.82, 2.24) is 0 Å². The fourth-order valence-electron chi connectivity index (χ4n) is 1.30. The number of hydrogen-bond donors (Lipinski definition) is 1. The highest BCUT2D eigenvalue weighted by atomic mass is 32.2. The van der Waals surface area contributed by atoms with Gasteiger partial charge >= 0.3 is 0 Å². The quantitative estimate of drug-likeness (QED) is 0.659. The molecule has 0 aliphatic heterocycles. The Morgan fingerprint density at radius 3 is 2.75 bits per heavy atom. The minimum Gasteiger partial charge on any atom is -0.389 e. The topological polar surface area (TPSA) is 54.4 Å². The SMILES string of the molecule is CS(=O)(=O)CCC1=CC(O)CC1. The molecule has 1 unspecified atom stereocenters. The molecule has 0 saturated heterocycles. The highest BCUT2D eigenvalue weighted by Gasteiger charge is 2.13. The molecule has 0 heterocycles. The van der Waals surface area contributed by atoms with Crippen molar-refractivity contribution in [2.24, 2.45) is 0 Å². The van der Waals surface area contributed by atoms with E-state index in [1.807, 2.05) is 0 Å². The maximum atomic E-state index is 10.8. The molecule has 0 spiro atoms. The van der Waals surface area contributed by atoms with Gasteiger partial charge < -0.3 is 5.11 Å². The Bertz CT molecular complexity index is 277. The molecule has 70 valence electrons. The number of hydrogen-bond acceptors (Lipinski definition) is 3. The number of sulfone groups is 1. The molecule has 0 radical (unpaired) electrons. The van der Waals surface area contributed by atoms with Crippen molar-refractivity contribution in [2.75, 3.05) is 12.0 Å².